The van der Waals surface area contributed by atoms with Crippen molar-refractivity contribution in [2.75, 3.05) is 0 Å². The minimum absolute atomic E-state index is 0.484. The molecule has 0 saturated heterocycles. The summed E-state index contributed by atoms with van der Waals surface area (Å²) in [5, 5.41) is 4.91. The maximum atomic E-state index is 5.82. The molecule has 0 saturated carbocycles. The molecule has 158 valence electrons. The third-order valence-electron chi connectivity index (χ3n) is 5.08. The smallest absolute Gasteiger partial charge is 0.0406 e. The molecule has 1 N–H and O–H groups in total. The molecule has 4 rings (SSSR count). The van der Waals surface area contributed by atoms with E-state index in [1.165, 1.54) is 22.3 Å². The summed E-state index contributed by atoms with van der Waals surface area (Å²) < 4.78 is 0. The Morgan fingerprint density at radius 2 is 0.903 bits per heavy atom. The minimum atomic E-state index is 0.484. The van der Waals surface area contributed by atoms with E-state index in [2.05, 4.69) is 72.9 Å². The van der Waals surface area contributed by atoms with Crippen LogP contribution in [-0.2, 0) is 13.1 Å². The number of hydrogen-bond donors (Lipinski definition) is 1. The van der Waals surface area contributed by atoms with E-state index in [9.17, 15) is 0 Å². The van der Waals surface area contributed by atoms with Crippen LogP contribution in [0.25, 0.3) is 0 Å². The first-order valence-corrected chi connectivity index (χ1v) is 11.2. The summed E-state index contributed by atoms with van der Waals surface area (Å²) in [5.74, 6) is 0.484. The molecular formula is C28H27Cl2N. The lowest BCUT2D eigenvalue weighted by Crippen LogP contribution is -2.12. The van der Waals surface area contributed by atoms with Crippen LogP contribution in [0.2, 0.25) is 10.0 Å². The van der Waals surface area contributed by atoms with Gasteiger partial charge in [-0.15, -0.1) is 0 Å². The van der Waals surface area contributed by atoms with Crippen LogP contribution in [0.5, 0.6) is 0 Å². The van der Waals surface area contributed by atoms with Gasteiger partial charge in [-0.2, -0.15) is 0 Å². The molecule has 1 nitrogen and oxygen atoms in total. The molecule has 4 aromatic rings. The van der Waals surface area contributed by atoms with E-state index >= 15 is 0 Å². The Morgan fingerprint density at radius 3 is 1.26 bits per heavy atom. The number of benzene rings is 4. The van der Waals surface area contributed by atoms with Crippen LogP contribution in [0, 0.1) is 0 Å². The first-order valence-electron chi connectivity index (χ1n) is 10.4. The van der Waals surface area contributed by atoms with Crippen molar-refractivity contribution >= 4 is 23.2 Å². The van der Waals surface area contributed by atoms with Gasteiger partial charge in [0.15, 0.2) is 0 Å². The zero-order valence-electron chi connectivity index (χ0n) is 17.6. The van der Waals surface area contributed by atoms with Crippen molar-refractivity contribution in [3.63, 3.8) is 0 Å². The lowest BCUT2D eigenvalue weighted by Gasteiger charge is -2.11. The summed E-state index contributed by atoms with van der Waals surface area (Å²) in [6, 6.07) is 36.9. The first-order chi connectivity index (χ1) is 15.1. The van der Waals surface area contributed by atoms with Crippen molar-refractivity contribution in [2.24, 2.45) is 0 Å². The largest absolute Gasteiger partial charge is 0.309 e. The minimum Gasteiger partial charge on any atom is -0.309 e. The van der Waals surface area contributed by atoms with E-state index in [-0.39, 0.29) is 0 Å². The van der Waals surface area contributed by atoms with Crippen molar-refractivity contribution in [3.05, 3.63) is 141 Å². The van der Waals surface area contributed by atoms with Gasteiger partial charge in [-0.25, -0.2) is 0 Å². The lowest BCUT2D eigenvalue weighted by molar-refractivity contribution is 0.693. The molecule has 0 unspecified atom stereocenters. The molecule has 0 bridgehead atoms. The fraction of sp³-hybridized carbons (Fsp3) is 0.143. The normalized spacial score (nSPS) is 10.5. The van der Waals surface area contributed by atoms with Gasteiger partial charge in [0.1, 0.15) is 0 Å². The van der Waals surface area contributed by atoms with Crippen LogP contribution < -0.4 is 5.32 Å². The molecule has 0 fully saturated rings. The van der Waals surface area contributed by atoms with Crippen LogP contribution in [0.15, 0.2) is 109 Å². The molecule has 3 heteroatoms. The first kappa shape index (κ1) is 23.1. The molecule has 0 amide bonds. The molecule has 4 aromatic carbocycles. The Balaban J connectivity index is 0.000000179. The zero-order valence-corrected chi connectivity index (χ0v) is 19.2. The van der Waals surface area contributed by atoms with Crippen LogP contribution in [0.1, 0.15) is 35.1 Å². The van der Waals surface area contributed by atoms with Gasteiger partial charge in [-0.1, -0.05) is 115 Å². The topological polar surface area (TPSA) is 12.0 Å². The number of nitrogens with one attached hydrogen (secondary N) is 1. The molecule has 0 aliphatic rings. The predicted octanol–water partition coefficient (Wildman–Crippen LogP) is 8.12. The zero-order chi connectivity index (χ0) is 21.9. The summed E-state index contributed by atoms with van der Waals surface area (Å²) in [4.78, 5) is 0. The Kier molecular flexibility index (Phi) is 9.17. The van der Waals surface area contributed by atoms with Crippen LogP contribution >= 0.6 is 23.2 Å². The molecule has 31 heavy (non-hydrogen) atoms. The molecule has 0 aliphatic carbocycles. The highest BCUT2D eigenvalue weighted by atomic mass is 35.5. The summed E-state index contributed by atoms with van der Waals surface area (Å²) in [7, 11) is 0. The van der Waals surface area contributed by atoms with E-state index in [1.807, 2.05) is 48.5 Å². The number of rotatable bonds is 6. The molecule has 0 spiro atoms. The second-order valence-electron chi connectivity index (χ2n) is 7.40. The van der Waals surface area contributed by atoms with Crippen LogP contribution in [0.3, 0.4) is 0 Å². The number of hydrogen-bond acceptors (Lipinski definition) is 1. The third kappa shape index (κ3) is 7.88. The third-order valence-corrected chi connectivity index (χ3v) is 5.59. The van der Waals surface area contributed by atoms with Crippen molar-refractivity contribution in [1.82, 2.24) is 5.32 Å². The average molecular weight is 448 g/mol. The van der Waals surface area contributed by atoms with Gasteiger partial charge >= 0.3 is 0 Å². The molecular weight excluding hydrogens is 421 g/mol. The maximum absolute atomic E-state index is 5.82. The van der Waals surface area contributed by atoms with E-state index in [0.29, 0.717) is 5.92 Å². The predicted molar refractivity (Wildman–Crippen MR) is 134 cm³/mol. The Labute approximate surface area is 195 Å². The van der Waals surface area contributed by atoms with Gasteiger partial charge in [0.2, 0.25) is 0 Å². The van der Waals surface area contributed by atoms with Gasteiger partial charge in [0.25, 0.3) is 0 Å². The van der Waals surface area contributed by atoms with Crippen LogP contribution in [-0.4, -0.2) is 0 Å². The fourth-order valence-corrected chi connectivity index (χ4v) is 3.48. The fourth-order valence-electron chi connectivity index (χ4n) is 3.23. The highest BCUT2D eigenvalue weighted by molar-refractivity contribution is 6.30. The van der Waals surface area contributed by atoms with Gasteiger partial charge in [-0.05, 0) is 46.5 Å². The molecule has 0 radical (unpaired) electrons. The lowest BCUT2D eigenvalue weighted by atomic mass is 9.93. The van der Waals surface area contributed by atoms with Gasteiger partial charge in [0.05, 0.1) is 0 Å². The maximum Gasteiger partial charge on any atom is 0.0406 e. The van der Waals surface area contributed by atoms with Crippen molar-refractivity contribution in [2.45, 2.75) is 25.9 Å². The SMILES string of the molecule is CC(c1ccccc1)c1ccccc1.Clc1ccc(CNCc2ccc(Cl)cc2)cc1. The summed E-state index contributed by atoms with van der Waals surface area (Å²) in [6.07, 6.45) is 0. The quantitative estimate of drug-likeness (QED) is 0.314. The van der Waals surface area contributed by atoms with Gasteiger partial charge in [0, 0.05) is 29.1 Å². The van der Waals surface area contributed by atoms with E-state index in [0.717, 1.165) is 23.1 Å². The van der Waals surface area contributed by atoms with Crippen molar-refractivity contribution in [1.29, 1.82) is 0 Å². The Morgan fingerprint density at radius 1 is 0.548 bits per heavy atom. The van der Waals surface area contributed by atoms with Gasteiger partial charge in [-0.3, -0.25) is 0 Å². The highest BCUT2D eigenvalue weighted by Gasteiger charge is 2.05. The Hall–Kier alpha value is -2.58. The van der Waals surface area contributed by atoms with E-state index < -0.39 is 0 Å². The van der Waals surface area contributed by atoms with Crippen molar-refractivity contribution in [3.8, 4) is 0 Å². The standard InChI is InChI=1S/C14H13Cl2N.C14H14/c15-13-5-1-11(2-6-13)9-17-10-12-3-7-14(16)8-4-12;1-12(13-8-4-2-5-9-13)14-10-6-3-7-11-14/h1-8,17H,9-10H2;2-12H,1H3. The summed E-state index contributed by atoms with van der Waals surface area (Å²) >= 11 is 11.6. The average Bonchev–Trinajstić information content (AvgIpc) is 2.83. The summed E-state index contributed by atoms with van der Waals surface area (Å²) in [5.41, 5.74) is 5.20. The molecule has 0 aliphatic heterocycles. The van der Waals surface area contributed by atoms with E-state index in [4.69, 9.17) is 23.2 Å². The number of halogens is 2. The highest BCUT2D eigenvalue weighted by Crippen LogP contribution is 2.22. The summed E-state index contributed by atoms with van der Waals surface area (Å²) in [6.45, 7) is 3.91. The molecule has 0 aromatic heterocycles. The van der Waals surface area contributed by atoms with E-state index in [1.54, 1.807) is 0 Å². The van der Waals surface area contributed by atoms with Crippen molar-refractivity contribution < 1.29 is 0 Å². The van der Waals surface area contributed by atoms with Crippen LogP contribution in [0.4, 0.5) is 0 Å². The second kappa shape index (κ2) is 12.3. The Bertz CT molecular complexity index is 929. The molecule has 0 atom stereocenters. The monoisotopic (exact) mass is 447 g/mol. The second-order valence-corrected chi connectivity index (χ2v) is 8.27. The molecule has 0 heterocycles. The van der Waals surface area contributed by atoms with Gasteiger partial charge < -0.3 is 5.32 Å².